The van der Waals surface area contributed by atoms with Crippen LogP contribution < -0.4 is 28.5 Å². The summed E-state index contributed by atoms with van der Waals surface area (Å²) < 4.78 is 2.34. The van der Waals surface area contributed by atoms with E-state index in [9.17, 15) is 0 Å². The number of nitrogens with zero attached hydrogens (tertiary/aromatic N) is 1. The van der Waals surface area contributed by atoms with Gasteiger partial charge in [-0.25, -0.2) is 0 Å². The molecule has 0 aliphatic heterocycles. The molecule has 28 heavy (non-hydrogen) atoms. The lowest BCUT2D eigenvalue weighted by Crippen LogP contribution is -3.00. The smallest absolute Gasteiger partial charge is 0.213 e. The molecule has 2 heteroatoms. The van der Waals surface area contributed by atoms with Gasteiger partial charge in [0.25, 0.3) is 0 Å². The van der Waals surface area contributed by atoms with Crippen molar-refractivity contribution in [2.75, 3.05) is 0 Å². The van der Waals surface area contributed by atoms with Crippen LogP contribution in [0.3, 0.4) is 0 Å². The second kappa shape index (κ2) is 9.47. The third-order valence-electron chi connectivity index (χ3n) is 4.72. The molecule has 0 fully saturated rings. The van der Waals surface area contributed by atoms with Crippen molar-refractivity contribution in [2.24, 2.45) is 0 Å². The van der Waals surface area contributed by atoms with Crippen molar-refractivity contribution in [3.05, 3.63) is 116 Å². The SMILES string of the molecule is C=CC[n+]1c(-c2ccccc2)cc(-c2ccccc2)cc1-c1ccccc1.[I-]. The van der Waals surface area contributed by atoms with E-state index in [1.807, 2.05) is 6.08 Å². The Kier molecular flexibility index (Phi) is 6.77. The monoisotopic (exact) mass is 475 g/mol. The summed E-state index contributed by atoms with van der Waals surface area (Å²) in [5.41, 5.74) is 7.22. The number of hydrogen-bond acceptors (Lipinski definition) is 0. The van der Waals surface area contributed by atoms with E-state index in [0.29, 0.717) is 0 Å². The van der Waals surface area contributed by atoms with Gasteiger partial charge < -0.3 is 24.0 Å². The molecular weight excluding hydrogens is 453 g/mol. The van der Waals surface area contributed by atoms with E-state index < -0.39 is 0 Å². The van der Waals surface area contributed by atoms with Crippen molar-refractivity contribution in [1.29, 1.82) is 0 Å². The molecular formula is C26H22IN. The van der Waals surface area contributed by atoms with E-state index in [1.54, 1.807) is 0 Å². The molecule has 0 spiro atoms. The average molecular weight is 475 g/mol. The van der Waals surface area contributed by atoms with Gasteiger partial charge in [-0.2, -0.15) is 4.57 Å². The summed E-state index contributed by atoms with van der Waals surface area (Å²) in [6, 6.07) is 36.2. The molecule has 138 valence electrons. The summed E-state index contributed by atoms with van der Waals surface area (Å²) in [6.07, 6.45) is 1.96. The van der Waals surface area contributed by atoms with E-state index in [2.05, 4.69) is 114 Å². The minimum atomic E-state index is 0. The maximum absolute atomic E-state index is 3.99. The van der Waals surface area contributed by atoms with Crippen LogP contribution in [0, 0.1) is 0 Å². The summed E-state index contributed by atoms with van der Waals surface area (Å²) >= 11 is 0. The van der Waals surface area contributed by atoms with Crippen LogP contribution in [0.25, 0.3) is 33.6 Å². The lowest BCUT2D eigenvalue weighted by Gasteiger charge is -2.12. The van der Waals surface area contributed by atoms with Crippen LogP contribution in [0.4, 0.5) is 0 Å². The molecule has 0 aliphatic rings. The van der Waals surface area contributed by atoms with Gasteiger partial charge in [-0.15, -0.1) is 0 Å². The number of hydrogen-bond donors (Lipinski definition) is 0. The second-order valence-corrected chi connectivity index (χ2v) is 6.51. The minimum Gasteiger partial charge on any atom is -1.00 e. The number of rotatable bonds is 5. The lowest BCUT2D eigenvalue weighted by atomic mass is 9.99. The largest absolute Gasteiger partial charge is 1.00 e. The molecule has 0 N–H and O–H groups in total. The molecule has 3 aromatic carbocycles. The zero-order chi connectivity index (χ0) is 18.5. The molecule has 0 atom stereocenters. The highest BCUT2D eigenvalue weighted by Crippen LogP contribution is 2.29. The summed E-state index contributed by atoms with van der Waals surface area (Å²) in [5, 5.41) is 0. The molecule has 0 saturated carbocycles. The number of benzene rings is 3. The Hall–Kier alpha value is -2.72. The average Bonchev–Trinajstić information content (AvgIpc) is 2.76. The Bertz CT molecular complexity index is 981. The number of pyridine rings is 1. The molecule has 4 aromatic rings. The van der Waals surface area contributed by atoms with E-state index in [1.165, 1.54) is 33.6 Å². The molecule has 0 radical (unpaired) electrons. The predicted octanol–water partition coefficient (Wildman–Crippen LogP) is 3.17. The summed E-state index contributed by atoms with van der Waals surface area (Å²) in [7, 11) is 0. The lowest BCUT2D eigenvalue weighted by molar-refractivity contribution is -0.665. The highest BCUT2D eigenvalue weighted by molar-refractivity contribution is 5.73. The van der Waals surface area contributed by atoms with Gasteiger partial charge in [0.05, 0.1) is 0 Å². The molecule has 1 aromatic heterocycles. The summed E-state index contributed by atoms with van der Waals surface area (Å²) in [5.74, 6) is 0. The van der Waals surface area contributed by atoms with E-state index in [0.717, 1.165) is 6.54 Å². The molecule has 4 rings (SSSR count). The maximum atomic E-state index is 3.99. The second-order valence-electron chi connectivity index (χ2n) is 6.51. The van der Waals surface area contributed by atoms with Gasteiger partial charge in [0, 0.05) is 23.3 Å². The number of allylic oxidation sites excluding steroid dienone is 1. The molecule has 0 aliphatic carbocycles. The highest BCUT2D eigenvalue weighted by Gasteiger charge is 2.21. The molecule has 1 heterocycles. The van der Waals surface area contributed by atoms with Crippen LogP contribution in [0.1, 0.15) is 0 Å². The fourth-order valence-corrected chi connectivity index (χ4v) is 3.44. The first-order valence-electron chi connectivity index (χ1n) is 9.22. The van der Waals surface area contributed by atoms with E-state index in [-0.39, 0.29) is 24.0 Å². The molecule has 1 nitrogen and oxygen atoms in total. The standard InChI is InChI=1S/C26H22N.HI/c1-2-18-27-25(22-14-8-4-9-15-22)19-24(21-12-6-3-7-13-21)20-26(27)23-16-10-5-11-17-23;/h2-17,19-20H,1,18H2;1H/q+1;/p-1. The van der Waals surface area contributed by atoms with Gasteiger partial charge in [0.1, 0.15) is 0 Å². The summed E-state index contributed by atoms with van der Waals surface area (Å²) in [4.78, 5) is 0. The van der Waals surface area contributed by atoms with Crippen molar-refractivity contribution in [3.8, 4) is 33.6 Å². The number of aromatic nitrogens is 1. The van der Waals surface area contributed by atoms with Crippen LogP contribution >= 0.6 is 0 Å². The zero-order valence-corrected chi connectivity index (χ0v) is 17.8. The Morgan fingerprint density at radius 1 is 0.571 bits per heavy atom. The quantitative estimate of drug-likeness (QED) is 0.237. The van der Waals surface area contributed by atoms with Crippen LogP contribution in [0.15, 0.2) is 116 Å². The Labute approximate surface area is 184 Å². The molecule has 0 amide bonds. The van der Waals surface area contributed by atoms with Gasteiger partial charge in [0.15, 0.2) is 6.54 Å². The van der Waals surface area contributed by atoms with Gasteiger partial charge >= 0.3 is 0 Å². The van der Waals surface area contributed by atoms with Crippen molar-refractivity contribution in [2.45, 2.75) is 6.54 Å². The third-order valence-corrected chi connectivity index (χ3v) is 4.72. The van der Waals surface area contributed by atoms with Crippen LogP contribution in [-0.4, -0.2) is 0 Å². The maximum Gasteiger partial charge on any atom is 0.213 e. The van der Waals surface area contributed by atoms with Gasteiger partial charge in [0.2, 0.25) is 11.4 Å². The summed E-state index contributed by atoms with van der Waals surface area (Å²) in [6.45, 7) is 4.74. The highest BCUT2D eigenvalue weighted by atomic mass is 127. The zero-order valence-electron chi connectivity index (χ0n) is 15.6. The minimum absolute atomic E-state index is 0. The van der Waals surface area contributed by atoms with E-state index in [4.69, 9.17) is 0 Å². The number of halogens is 1. The normalized spacial score (nSPS) is 10.1. The first kappa shape index (κ1) is 20.0. The van der Waals surface area contributed by atoms with Gasteiger partial charge in [-0.3, -0.25) is 0 Å². The van der Waals surface area contributed by atoms with Crippen molar-refractivity contribution < 1.29 is 28.5 Å². The Morgan fingerprint density at radius 3 is 1.36 bits per heavy atom. The fraction of sp³-hybridized carbons (Fsp3) is 0.0385. The van der Waals surface area contributed by atoms with Gasteiger partial charge in [-0.1, -0.05) is 73.3 Å². The third kappa shape index (κ3) is 4.23. The van der Waals surface area contributed by atoms with Crippen molar-refractivity contribution in [3.63, 3.8) is 0 Å². The Balaban J connectivity index is 0.00000225. The van der Waals surface area contributed by atoms with E-state index >= 15 is 0 Å². The van der Waals surface area contributed by atoms with Crippen molar-refractivity contribution in [1.82, 2.24) is 0 Å². The topological polar surface area (TPSA) is 3.88 Å². The van der Waals surface area contributed by atoms with Crippen LogP contribution in [0.2, 0.25) is 0 Å². The first-order valence-corrected chi connectivity index (χ1v) is 9.22. The first-order chi connectivity index (χ1) is 13.4. The molecule has 0 saturated heterocycles. The molecule has 0 bridgehead atoms. The predicted molar refractivity (Wildman–Crippen MR) is 113 cm³/mol. The Morgan fingerprint density at radius 2 is 0.964 bits per heavy atom. The molecule has 0 unspecified atom stereocenters. The van der Waals surface area contributed by atoms with Crippen LogP contribution in [-0.2, 0) is 6.54 Å². The van der Waals surface area contributed by atoms with Crippen molar-refractivity contribution >= 4 is 0 Å². The van der Waals surface area contributed by atoms with Gasteiger partial charge in [-0.05, 0) is 41.5 Å². The fourth-order valence-electron chi connectivity index (χ4n) is 3.44. The van der Waals surface area contributed by atoms with Crippen LogP contribution in [0.5, 0.6) is 0 Å².